The molecule has 1 heterocycles. The van der Waals surface area contributed by atoms with Crippen LogP contribution in [0.2, 0.25) is 0 Å². The Morgan fingerprint density at radius 1 is 1.21 bits per heavy atom. The molecule has 0 bridgehead atoms. The Hall–Kier alpha value is -3.44. The van der Waals surface area contributed by atoms with Crippen molar-refractivity contribution >= 4 is 5.78 Å². The monoisotopic (exact) mass is 573 g/mol. The van der Waals surface area contributed by atoms with E-state index in [1.807, 2.05) is 23.7 Å². The van der Waals surface area contributed by atoms with E-state index in [4.69, 9.17) is 0 Å². The van der Waals surface area contributed by atoms with Crippen molar-refractivity contribution in [3.05, 3.63) is 81.9 Å². The molecule has 0 radical (unpaired) electrons. The summed E-state index contributed by atoms with van der Waals surface area (Å²) in [5.41, 5.74) is 4.07. The number of hydrogen-bond acceptors (Lipinski definition) is 5. The van der Waals surface area contributed by atoms with Crippen molar-refractivity contribution in [3.8, 4) is 6.07 Å². The molecule has 1 saturated carbocycles. The molecule has 0 amide bonds. The number of nitrogens with zero attached hydrogens (tertiary/aromatic N) is 4. The van der Waals surface area contributed by atoms with Crippen LogP contribution in [0.25, 0.3) is 0 Å². The largest absolute Gasteiger partial charge is 0.320 e. The Balaban J connectivity index is 1.33. The number of fused-ring (bicyclic) bond motifs is 1. The summed E-state index contributed by atoms with van der Waals surface area (Å²) < 4.78 is 32.5. The van der Waals surface area contributed by atoms with Crippen LogP contribution in [-0.4, -0.2) is 26.1 Å². The summed E-state index contributed by atoms with van der Waals surface area (Å²) in [5.74, 6) is -2.23. The first-order valence-corrected chi connectivity index (χ1v) is 15.2. The zero-order chi connectivity index (χ0) is 29.9. The van der Waals surface area contributed by atoms with Crippen LogP contribution in [-0.2, 0) is 32.4 Å². The second-order valence-electron chi connectivity index (χ2n) is 12.5. The Morgan fingerprint density at radius 3 is 2.69 bits per heavy atom. The summed E-state index contributed by atoms with van der Waals surface area (Å²) in [5, 5.41) is 21.1. The minimum absolute atomic E-state index is 0.00560. The van der Waals surface area contributed by atoms with Gasteiger partial charge in [-0.05, 0) is 92.2 Å². The van der Waals surface area contributed by atoms with Crippen LogP contribution in [0.15, 0.2) is 42.7 Å². The fourth-order valence-electron chi connectivity index (χ4n) is 6.55. The third-order valence-corrected chi connectivity index (χ3v) is 9.39. The highest BCUT2D eigenvalue weighted by molar-refractivity contribution is 5.99. The Morgan fingerprint density at radius 2 is 2.02 bits per heavy atom. The highest BCUT2D eigenvalue weighted by Gasteiger charge is 2.38. The molecular formula is C34H41F2N5O. The lowest BCUT2D eigenvalue weighted by atomic mass is 9.76. The Kier molecular flexibility index (Phi) is 8.89. The van der Waals surface area contributed by atoms with Gasteiger partial charge in [-0.1, -0.05) is 31.2 Å². The van der Waals surface area contributed by atoms with Gasteiger partial charge in [0.05, 0.1) is 6.07 Å². The minimum Gasteiger partial charge on any atom is -0.320 e. The number of halogens is 2. The normalized spacial score (nSPS) is 18.7. The van der Waals surface area contributed by atoms with Gasteiger partial charge in [-0.15, -0.1) is 10.2 Å². The molecule has 0 spiro atoms. The van der Waals surface area contributed by atoms with E-state index in [0.29, 0.717) is 43.4 Å². The lowest BCUT2D eigenvalue weighted by molar-refractivity contribution is -0.00955. The highest BCUT2D eigenvalue weighted by Crippen LogP contribution is 2.41. The smallest absolute Gasteiger partial charge is 0.273 e. The zero-order valence-electron chi connectivity index (χ0n) is 24.9. The molecule has 2 aliphatic rings. The number of aromatic nitrogens is 3. The number of nitriles is 1. The molecule has 1 fully saturated rings. The van der Waals surface area contributed by atoms with E-state index in [1.165, 1.54) is 13.3 Å². The van der Waals surface area contributed by atoms with Gasteiger partial charge in [0.25, 0.3) is 5.92 Å². The van der Waals surface area contributed by atoms with E-state index < -0.39 is 5.92 Å². The quantitative estimate of drug-likeness (QED) is 0.249. The summed E-state index contributed by atoms with van der Waals surface area (Å²) in [4.78, 5) is 13.4. The Labute approximate surface area is 247 Å². The number of rotatable bonds is 12. The van der Waals surface area contributed by atoms with Crippen LogP contribution in [0, 0.1) is 17.2 Å². The van der Waals surface area contributed by atoms with Crippen molar-refractivity contribution in [2.45, 2.75) is 102 Å². The number of carbonyl (C=O) groups is 1. The molecule has 222 valence electrons. The first kappa shape index (κ1) is 30.0. The standard InChI is InChI=1S/C34H41F2N5O/c1-4-34(35,36)30-19-25(21-38-33(2)13-7-14-33)18-29-28(30)17-24(20-31(29)42)12-11-23-8-5-9-26(16-23)27(10-6-15-37)32-40-39-22-41(32)3/h5,8-9,16,18-19,22,24,27,38H,4,6-7,10-14,17,20-21H2,1-3H3/t24?,27-/m0/s1. The molecule has 0 saturated heterocycles. The first-order chi connectivity index (χ1) is 20.1. The summed E-state index contributed by atoms with van der Waals surface area (Å²) >= 11 is 0. The molecule has 0 aliphatic heterocycles. The molecule has 2 aromatic carbocycles. The highest BCUT2D eigenvalue weighted by atomic mass is 19.3. The van der Waals surface area contributed by atoms with E-state index in [1.54, 1.807) is 12.4 Å². The molecule has 2 atom stereocenters. The molecular weight excluding hydrogens is 532 g/mol. The minimum atomic E-state index is -2.98. The van der Waals surface area contributed by atoms with Gasteiger partial charge in [-0.25, -0.2) is 8.78 Å². The molecule has 3 aromatic rings. The molecule has 1 N–H and O–H groups in total. The van der Waals surface area contributed by atoms with E-state index in [2.05, 4.69) is 46.7 Å². The first-order valence-electron chi connectivity index (χ1n) is 15.2. The molecule has 6 nitrogen and oxygen atoms in total. The van der Waals surface area contributed by atoms with Gasteiger partial charge in [0.15, 0.2) is 5.78 Å². The second-order valence-corrected chi connectivity index (χ2v) is 12.5. The lowest BCUT2D eigenvalue weighted by Gasteiger charge is -2.39. The van der Waals surface area contributed by atoms with E-state index in [0.717, 1.165) is 48.2 Å². The zero-order valence-corrected chi connectivity index (χ0v) is 24.9. The number of ketones is 1. The number of aryl methyl sites for hydroxylation is 2. The van der Waals surface area contributed by atoms with Crippen LogP contribution in [0.1, 0.15) is 115 Å². The maximum atomic E-state index is 15.3. The fourth-order valence-corrected chi connectivity index (χ4v) is 6.55. The maximum Gasteiger partial charge on any atom is 0.273 e. The van der Waals surface area contributed by atoms with Crippen molar-refractivity contribution < 1.29 is 13.6 Å². The van der Waals surface area contributed by atoms with Gasteiger partial charge in [0, 0.05) is 55.4 Å². The van der Waals surface area contributed by atoms with Gasteiger partial charge < -0.3 is 9.88 Å². The lowest BCUT2D eigenvalue weighted by Crippen LogP contribution is -2.47. The van der Waals surface area contributed by atoms with Crippen LogP contribution in [0.5, 0.6) is 0 Å². The van der Waals surface area contributed by atoms with E-state index >= 15 is 8.78 Å². The van der Waals surface area contributed by atoms with Crippen LogP contribution >= 0.6 is 0 Å². The molecule has 2 aliphatic carbocycles. The number of Topliss-reactive ketones (excluding diaryl/α,β-unsaturated/α-hetero) is 1. The number of hydrogen-bond donors (Lipinski definition) is 1. The van der Waals surface area contributed by atoms with Crippen molar-refractivity contribution in [2.24, 2.45) is 13.0 Å². The Bertz CT molecular complexity index is 1470. The van der Waals surface area contributed by atoms with Gasteiger partial charge >= 0.3 is 0 Å². The van der Waals surface area contributed by atoms with Crippen molar-refractivity contribution in [1.82, 2.24) is 20.1 Å². The fraction of sp³-hybridized carbons (Fsp3) is 0.529. The van der Waals surface area contributed by atoms with Gasteiger partial charge in [0.2, 0.25) is 0 Å². The second kappa shape index (κ2) is 12.4. The van der Waals surface area contributed by atoms with Crippen LogP contribution in [0.4, 0.5) is 8.78 Å². The number of nitrogens with one attached hydrogen (secondary N) is 1. The molecule has 42 heavy (non-hydrogen) atoms. The van der Waals surface area contributed by atoms with E-state index in [9.17, 15) is 10.1 Å². The summed E-state index contributed by atoms with van der Waals surface area (Å²) in [6, 6.07) is 14.0. The van der Waals surface area contributed by atoms with Gasteiger partial charge in [-0.2, -0.15) is 5.26 Å². The number of benzene rings is 2. The van der Waals surface area contributed by atoms with Gasteiger partial charge in [0.1, 0.15) is 12.2 Å². The average Bonchev–Trinajstić information content (AvgIpc) is 3.39. The summed E-state index contributed by atoms with van der Waals surface area (Å²) in [7, 11) is 1.90. The predicted octanol–water partition coefficient (Wildman–Crippen LogP) is 7.16. The van der Waals surface area contributed by atoms with Crippen molar-refractivity contribution in [3.63, 3.8) is 0 Å². The topological polar surface area (TPSA) is 83.6 Å². The van der Waals surface area contributed by atoms with Crippen LogP contribution < -0.4 is 5.32 Å². The molecule has 8 heteroatoms. The summed E-state index contributed by atoms with van der Waals surface area (Å²) in [6.45, 7) is 4.17. The van der Waals surface area contributed by atoms with Crippen LogP contribution in [0.3, 0.4) is 0 Å². The maximum absolute atomic E-state index is 15.3. The summed E-state index contributed by atoms with van der Waals surface area (Å²) in [6.07, 6.45) is 8.12. The van der Waals surface area contributed by atoms with E-state index in [-0.39, 0.29) is 35.1 Å². The molecule has 1 unspecified atom stereocenters. The number of alkyl halides is 2. The predicted molar refractivity (Wildman–Crippen MR) is 158 cm³/mol. The third-order valence-electron chi connectivity index (χ3n) is 9.39. The molecule has 1 aromatic heterocycles. The molecule has 5 rings (SSSR count). The van der Waals surface area contributed by atoms with Crippen molar-refractivity contribution in [2.75, 3.05) is 0 Å². The average molecular weight is 574 g/mol. The van der Waals surface area contributed by atoms with Gasteiger partial charge in [-0.3, -0.25) is 4.79 Å². The number of carbonyl (C=O) groups excluding carboxylic acids is 1. The SMILES string of the molecule is CCC(F)(F)c1cc(CNC2(C)CCC2)cc2c1CC(CCc1cccc([C@H](CCC#N)c3nncn3C)c1)CC2=O. The van der Waals surface area contributed by atoms with Crippen molar-refractivity contribution in [1.29, 1.82) is 5.26 Å². The third kappa shape index (κ3) is 6.47.